The van der Waals surface area contributed by atoms with Crippen LogP contribution in [0.3, 0.4) is 0 Å². The largest absolute Gasteiger partial charge is 0.495 e. The van der Waals surface area contributed by atoms with Gasteiger partial charge in [-0.15, -0.1) is 0 Å². The minimum Gasteiger partial charge on any atom is -0.495 e. The predicted octanol–water partition coefficient (Wildman–Crippen LogP) is 3.35. The van der Waals surface area contributed by atoms with Crippen molar-refractivity contribution in [2.45, 2.75) is 11.8 Å². The van der Waals surface area contributed by atoms with E-state index in [4.69, 9.17) is 21.1 Å². The van der Waals surface area contributed by atoms with Gasteiger partial charge in [0, 0.05) is 7.05 Å². The third-order valence-electron chi connectivity index (χ3n) is 3.50. The predicted molar refractivity (Wildman–Crippen MR) is 96.0 cm³/mol. The number of methoxy groups -OCH3 is 1. The van der Waals surface area contributed by atoms with Crippen LogP contribution in [-0.2, 0) is 14.8 Å². The van der Waals surface area contributed by atoms with E-state index in [0.29, 0.717) is 11.4 Å². The molecule has 2 aromatic rings. The maximum atomic E-state index is 12.8. The van der Waals surface area contributed by atoms with Crippen LogP contribution in [0.1, 0.15) is 17.3 Å². The number of benzene rings is 2. The molecule has 0 aliphatic carbocycles. The first-order valence-corrected chi connectivity index (χ1v) is 9.22. The number of carbonyl (C=O) groups excluding carboxylic acids is 1. The zero-order valence-electron chi connectivity index (χ0n) is 14.0. The average molecular weight is 384 g/mol. The molecule has 0 unspecified atom stereocenters. The second kappa shape index (κ2) is 7.76. The van der Waals surface area contributed by atoms with Crippen LogP contribution in [0, 0.1) is 0 Å². The minimum absolute atomic E-state index is 0.0161. The molecular weight excluding hydrogens is 366 g/mol. The SMILES string of the molecule is CCOC(=O)c1cccc(N(C)S(=O)(=O)c2ccc(OC)c(Cl)c2)c1. The average Bonchev–Trinajstić information content (AvgIpc) is 2.61. The number of hydrogen-bond acceptors (Lipinski definition) is 5. The van der Waals surface area contributed by atoms with Crippen molar-refractivity contribution in [3.63, 3.8) is 0 Å². The summed E-state index contributed by atoms with van der Waals surface area (Å²) < 4.78 is 36.6. The Balaban J connectivity index is 2.39. The highest BCUT2D eigenvalue weighted by Crippen LogP contribution is 2.30. The summed E-state index contributed by atoms with van der Waals surface area (Å²) in [6, 6.07) is 10.4. The Morgan fingerprint density at radius 3 is 2.52 bits per heavy atom. The van der Waals surface area contributed by atoms with Gasteiger partial charge in [0.25, 0.3) is 10.0 Å². The number of halogens is 1. The van der Waals surface area contributed by atoms with E-state index in [2.05, 4.69) is 0 Å². The molecule has 0 fully saturated rings. The lowest BCUT2D eigenvalue weighted by Gasteiger charge is -2.20. The van der Waals surface area contributed by atoms with Crippen molar-refractivity contribution in [3.05, 3.63) is 53.1 Å². The zero-order chi connectivity index (χ0) is 18.6. The Morgan fingerprint density at radius 1 is 1.20 bits per heavy atom. The molecule has 2 aromatic carbocycles. The van der Waals surface area contributed by atoms with Gasteiger partial charge in [-0.25, -0.2) is 13.2 Å². The lowest BCUT2D eigenvalue weighted by molar-refractivity contribution is 0.0526. The van der Waals surface area contributed by atoms with Gasteiger partial charge >= 0.3 is 5.97 Å². The first-order valence-electron chi connectivity index (χ1n) is 7.41. The molecule has 0 heterocycles. The first-order chi connectivity index (χ1) is 11.8. The van der Waals surface area contributed by atoms with E-state index in [0.717, 1.165) is 4.31 Å². The molecule has 0 spiro atoms. The van der Waals surface area contributed by atoms with Crippen molar-refractivity contribution >= 4 is 33.3 Å². The van der Waals surface area contributed by atoms with E-state index in [9.17, 15) is 13.2 Å². The van der Waals surface area contributed by atoms with Crippen LogP contribution >= 0.6 is 11.6 Å². The Morgan fingerprint density at radius 2 is 1.92 bits per heavy atom. The van der Waals surface area contributed by atoms with Gasteiger partial charge in [-0.05, 0) is 43.3 Å². The van der Waals surface area contributed by atoms with Crippen LogP contribution in [0.5, 0.6) is 5.75 Å². The fraction of sp³-hybridized carbons (Fsp3) is 0.235. The summed E-state index contributed by atoms with van der Waals surface area (Å²) in [4.78, 5) is 11.8. The number of anilines is 1. The third-order valence-corrected chi connectivity index (χ3v) is 5.58. The molecule has 0 aliphatic rings. The normalized spacial score (nSPS) is 11.0. The fourth-order valence-corrected chi connectivity index (χ4v) is 3.68. The molecule has 8 heteroatoms. The van der Waals surface area contributed by atoms with Gasteiger partial charge in [0.1, 0.15) is 5.75 Å². The van der Waals surface area contributed by atoms with E-state index in [1.54, 1.807) is 25.1 Å². The molecule has 25 heavy (non-hydrogen) atoms. The van der Waals surface area contributed by atoms with Crippen LogP contribution in [-0.4, -0.2) is 35.2 Å². The second-order valence-corrected chi connectivity index (χ2v) is 7.42. The summed E-state index contributed by atoms with van der Waals surface area (Å²) >= 11 is 6.02. The lowest BCUT2D eigenvalue weighted by atomic mass is 10.2. The number of ether oxygens (including phenoxy) is 2. The molecule has 0 aromatic heterocycles. The molecule has 0 bridgehead atoms. The van der Waals surface area contributed by atoms with E-state index < -0.39 is 16.0 Å². The van der Waals surface area contributed by atoms with Crippen LogP contribution in [0.4, 0.5) is 5.69 Å². The highest BCUT2D eigenvalue weighted by atomic mass is 35.5. The summed E-state index contributed by atoms with van der Waals surface area (Å²) in [7, 11) is -1.01. The quantitative estimate of drug-likeness (QED) is 0.715. The van der Waals surface area contributed by atoms with Gasteiger partial charge < -0.3 is 9.47 Å². The van der Waals surface area contributed by atoms with Crippen molar-refractivity contribution in [2.24, 2.45) is 0 Å². The van der Waals surface area contributed by atoms with Gasteiger partial charge in [-0.2, -0.15) is 0 Å². The molecule has 2 rings (SSSR count). The molecule has 134 valence electrons. The smallest absolute Gasteiger partial charge is 0.338 e. The number of sulfonamides is 1. The van der Waals surface area contributed by atoms with Gasteiger partial charge in [0.2, 0.25) is 0 Å². The van der Waals surface area contributed by atoms with Crippen LogP contribution in [0.15, 0.2) is 47.4 Å². The van der Waals surface area contributed by atoms with E-state index in [-0.39, 0.29) is 22.1 Å². The van der Waals surface area contributed by atoms with Crippen molar-refractivity contribution in [1.29, 1.82) is 0 Å². The van der Waals surface area contributed by atoms with Crippen molar-refractivity contribution in [3.8, 4) is 5.75 Å². The summed E-state index contributed by atoms with van der Waals surface area (Å²) in [5.41, 5.74) is 0.603. The highest BCUT2D eigenvalue weighted by molar-refractivity contribution is 7.92. The summed E-state index contributed by atoms with van der Waals surface area (Å²) in [6.07, 6.45) is 0. The maximum Gasteiger partial charge on any atom is 0.338 e. The number of nitrogens with zero attached hydrogens (tertiary/aromatic N) is 1. The summed E-state index contributed by atoms with van der Waals surface area (Å²) in [6.45, 7) is 1.94. The zero-order valence-corrected chi connectivity index (χ0v) is 15.6. The van der Waals surface area contributed by atoms with Gasteiger partial charge in [0.15, 0.2) is 0 Å². The molecule has 6 nitrogen and oxygen atoms in total. The number of hydrogen-bond donors (Lipinski definition) is 0. The van der Waals surface area contributed by atoms with Gasteiger partial charge in [0.05, 0.1) is 34.9 Å². The number of esters is 1. The fourth-order valence-electron chi connectivity index (χ4n) is 2.15. The molecular formula is C17H18ClNO5S. The Kier molecular flexibility index (Phi) is 5.92. The highest BCUT2D eigenvalue weighted by Gasteiger charge is 2.23. The monoisotopic (exact) mass is 383 g/mol. The second-order valence-electron chi connectivity index (χ2n) is 5.04. The Hall–Kier alpha value is -2.25. The third kappa shape index (κ3) is 4.05. The van der Waals surface area contributed by atoms with Crippen LogP contribution in [0.2, 0.25) is 5.02 Å². The van der Waals surface area contributed by atoms with Crippen molar-refractivity contribution in [1.82, 2.24) is 0 Å². The minimum atomic E-state index is -3.85. The first kappa shape index (κ1) is 19.1. The molecule has 0 amide bonds. The standard InChI is InChI=1S/C17H18ClNO5S/c1-4-24-17(20)12-6-5-7-13(10-12)19(2)25(21,22)14-8-9-16(23-3)15(18)11-14/h5-11H,4H2,1-3H3. The Bertz CT molecular complexity index is 882. The van der Waals surface area contributed by atoms with Gasteiger partial charge in [-0.3, -0.25) is 4.31 Å². The van der Waals surface area contributed by atoms with Gasteiger partial charge in [-0.1, -0.05) is 17.7 Å². The number of rotatable bonds is 6. The van der Waals surface area contributed by atoms with Crippen molar-refractivity contribution in [2.75, 3.05) is 25.1 Å². The number of carbonyl (C=O) groups is 1. The molecule has 0 N–H and O–H groups in total. The van der Waals surface area contributed by atoms with E-state index in [1.165, 1.54) is 38.4 Å². The van der Waals surface area contributed by atoms with Crippen LogP contribution < -0.4 is 9.04 Å². The molecule has 0 saturated carbocycles. The van der Waals surface area contributed by atoms with E-state index in [1.807, 2.05) is 0 Å². The molecule has 0 saturated heterocycles. The summed E-state index contributed by atoms with van der Waals surface area (Å²) in [5, 5.41) is 0.192. The van der Waals surface area contributed by atoms with Crippen LogP contribution in [0.25, 0.3) is 0 Å². The molecule has 0 atom stereocenters. The maximum absolute atomic E-state index is 12.8. The Labute approximate surface area is 152 Å². The lowest BCUT2D eigenvalue weighted by Crippen LogP contribution is -2.26. The summed E-state index contributed by atoms with van der Waals surface area (Å²) in [5.74, 6) is -0.129. The van der Waals surface area contributed by atoms with E-state index >= 15 is 0 Å². The van der Waals surface area contributed by atoms with Crippen molar-refractivity contribution < 1.29 is 22.7 Å². The topological polar surface area (TPSA) is 72.9 Å². The molecule has 0 aliphatic heterocycles. The molecule has 0 radical (unpaired) electrons.